The Morgan fingerprint density at radius 2 is 1.50 bits per heavy atom. The number of benzene rings is 1. The van der Waals surface area contributed by atoms with E-state index < -0.39 is 14.6 Å². The average molecular weight is 464 g/mol. The van der Waals surface area contributed by atoms with Crippen molar-refractivity contribution in [2.45, 2.75) is 90.1 Å². The van der Waals surface area contributed by atoms with Gasteiger partial charge in [-0.15, -0.1) is 0 Å². The van der Waals surface area contributed by atoms with E-state index in [0.717, 1.165) is 44.1 Å². The molecule has 1 aliphatic carbocycles. The standard InChI is InChI=1S/C26H41NO4S/c1-19-16-27(17-20(2)31-19)25(28)24-14-12-22(13-15-24)7-6-21-8-10-23(11-9-21)18-32(29,30)26(3,4)5/h12-15,19-21,23H,6-11,16-18H2,1-5H3/t19-,20+,21?,23?. The van der Waals surface area contributed by atoms with Crippen molar-refractivity contribution in [2.24, 2.45) is 11.8 Å². The second-order valence-electron chi connectivity index (χ2n) is 11.0. The number of aryl methyl sites for hydroxylation is 1. The smallest absolute Gasteiger partial charge is 0.254 e. The Hall–Kier alpha value is -1.40. The van der Waals surface area contributed by atoms with Crippen LogP contribution < -0.4 is 0 Å². The molecule has 1 aromatic carbocycles. The fourth-order valence-electron chi connectivity index (χ4n) is 4.96. The first kappa shape index (κ1) is 25.2. The topological polar surface area (TPSA) is 63.7 Å². The van der Waals surface area contributed by atoms with Crippen molar-refractivity contribution in [3.63, 3.8) is 0 Å². The molecule has 3 rings (SSSR count). The van der Waals surface area contributed by atoms with Crippen LogP contribution in [0.4, 0.5) is 0 Å². The van der Waals surface area contributed by atoms with Gasteiger partial charge < -0.3 is 9.64 Å². The Bertz CT molecular complexity index is 854. The molecule has 0 N–H and O–H groups in total. The first-order valence-electron chi connectivity index (χ1n) is 12.2. The Morgan fingerprint density at radius 1 is 0.969 bits per heavy atom. The minimum atomic E-state index is -3.03. The van der Waals surface area contributed by atoms with E-state index in [1.807, 2.05) is 30.9 Å². The molecule has 1 heterocycles. The summed E-state index contributed by atoms with van der Waals surface area (Å²) in [4.78, 5) is 14.7. The number of hydrogen-bond acceptors (Lipinski definition) is 4. The molecule has 1 aromatic rings. The maximum absolute atomic E-state index is 12.8. The van der Waals surface area contributed by atoms with Crippen LogP contribution in [0.3, 0.4) is 0 Å². The number of carbonyl (C=O) groups is 1. The molecule has 1 aliphatic heterocycles. The van der Waals surface area contributed by atoms with E-state index >= 15 is 0 Å². The molecule has 0 bridgehead atoms. The Balaban J connectivity index is 1.45. The quantitative estimate of drug-likeness (QED) is 0.603. The molecule has 0 aromatic heterocycles. The number of amides is 1. The van der Waals surface area contributed by atoms with E-state index in [-0.39, 0.29) is 18.1 Å². The summed E-state index contributed by atoms with van der Waals surface area (Å²) in [5.41, 5.74) is 2.01. The summed E-state index contributed by atoms with van der Waals surface area (Å²) >= 11 is 0. The number of nitrogens with zero attached hydrogens (tertiary/aromatic N) is 1. The van der Waals surface area contributed by atoms with Crippen molar-refractivity contribution in [1.82, 2.24) is 4.90 Å². The summed E-state index contributed by atoms with van der Waals surface area (Å²) < 4.78 is 30.1. The highest BCUT2D eigenvalue weighted by Crippen LogP contribution is 2.34. The van der Waals surface area contributed by atoms with E-state index in [1.54, 1.807) is 20.8 Å². The maximum atomic E-state index is 12.8. The van der Waals surface area contributed by atoms with Gasteiger partial charge in [-0.1, -0.05) is 25.0 Å². The van der Waals surface area contributed by atoms with Crippen LogP contribution in [-0.2, 0) is 21.0 Å². The molecule has 2 fully saturated rings. The predicted molar refractivity (Wildman–Crippen MR) is 130 cm³/mol. The van der Waals surface area contributed by atoms with E-state index in [2.05, 4.69) is 12.1 Å². The van der Waals surface area contributed by atoms with Crippen LogP contribution in [0.2, 0.25) is 0 Å². The lowest BCUT2D eigenvalue weighted by Crippen LogP contribution is -2.48. The first-order chi connectivity index (χ1) is 14.9. The van der Waals surface area contributed by atoms with Gasteiger partial charge in [0, 0.05) is 18.7 Å². The molecule has 1 saturated carbocycles. The van der Waals surface area contributed by atoms with Gasteiger partial charge in [-0.05, 0) is 89.8 Å². The average Bonchev–Trinajstić information content (AvgIpc) is 2.71. The van der Waals surface area contributed by atoms with Gasteiger partial charge in [0.1, 0.15) is 0 Å². The molecule has 0 spiro atoms. The van der Waals surface area contributed by atoms with E-state index in [9.17, 15) is 13.2 Å². The lowest BCUT2D eigenvalue weighted by molar-refractivity contribution is -0.0586. The van der Waals surface area contributed by atoms with Gasteiger partial charge in [0.2, 0.25) is 0 Å². The number of morpholine rings is 1. The molecule has 1 amide bonds. The van der Waals surface area contributed by atoms with Gasteiger partial charge in [0.05, 0.1) is 22.7 Å². The van der Waals surface area contributed by atoms with Crippen LogP contribution in [0, 0.1) is 11.8 Å². The van der Waals surface area contributed by atoms with Crippen LogP contribution in [0.25, 0.3) is 0 Å². The van der Waals surface area contributed by atoms with Gasteiger partial charge >= 0.3 is 0 Å². The van der Waals surface area contributed by atoms with E-state index in [1.165, 1.54) is 5.56 Å². The predicted octanol–water partition coefficient (Wildman–Crippen LogP) is 4.89. The third-order valence-electron chi connectivity index (χ3n) is 7.10. The monoisotopic (exact) mass is 463 g/mol. The van der Waals surface area contributed by atoms with Gasteiger partial charge in [-0.3, -0.25) is 4.79 Å². The number of sulfone groups is 1. The fourth-order valence-corrected chi connectivity index (χ4v) is 6.41. The minimum absolute atomic E-state index is 0.0747. The largest absolute Gasteiger partial charge is 0.372 e. The van der Waals surface area contributed by atoms with Crippen molar-refractivity contribution in [2.75, 3.05) is 18.8 Å². The maximum Gasteiger partial charge on any atom is 0.254 e. The molecule has 5 nitrogen and oxygen atoms in total. The molecule has 1 saturated heterocycles. The van der Waals surface area contributed by atoms with Gasteiger partial charge in [0.25, 0.3) is 5.91 Å². The molecule has 6 heteroatoms. The Labute approximate surface area is 194 Å². The zero-order valence-corrected chi connectivity index (χ0v) is 21.3. The molecule has 0 unspecified atom stereocenters. The highest BCUT2D eigenvalue weighted by molar-refractivity contribution is 7.92. The Kier molecular flexibility index (Phi) is 8.08. The second-order valence-corrected chi connectivity index (χ2v) is 13.8. The molecular formula is C26H41NO4S. The molecule has 2 aliphatic rings. The van der Waals surface area contributed by atoms with Crippen LogP contribution in [0.5, 0.6) is 0 Å². The number of ether oxygens (including phenoxy) is 1. The molecule has 180 valence electrons. The van der Waals surface area contributed by atoms with Gasteiger partial charge in [-0.2, -0.15) is 0 Å². The highest BCUT2D eigenvalue weighted by atomic mass is 32.2. The lowest BCUT2D eigenvalue weighted by atomic mass is 9.80. The van der Waals surface area contributed by atoms with Crippen LogP contribution in [0.15, 0.2) is 24.3 Å². The SMILES string of the molecule is C[C@@H]1CN(C(=O)c2ccc(CCC3CCC(CS(=O)(=O)C(C)(C)C)CC3)cc2)C[C@H](C)O1. The van der Waals surface area contributed by atoms with Crippen molar-refractivity contribution in [3.8, 4) is 0 Å². The minimum Gasteiger partial charge on any atom is -0.372 e. The lowest BCUT2D eigenvalue weighted by Gasteiger charge is -2.35. The van der Waals surface area contributed by atoms with Crippen LogP contribution in [0.1, 0.15) is 82.6 Å². The summed E-state index contributed by atoms with van der Waals surface area (Å²) in [6, 6.07) is 8.08. The van der Waals surface area contributed by atoms with E-state index in [4.69, 9.17) is 4.74 Å². The van der Waals surface area contributed by atoms with Gasteiger partial charge in [-0.25, -0.2) is 8.42 Å². The van der Waals surface area contributed by atoms with Crippen molar-refractivity contribution in [3.05, 3.63) is 35.4 Å². The van der Waals surface area contributed by atoms with Crippen molar-refractivity contribution >= 4 is 15.7 Å². The zero-order valence-electron chi connectivity index (χ0n) is 20.5. The second kappa shape index (κ2) is 10.3. The molecule has 2 atom stereocenters. The fraction of sp³-hybridized carbons (Fsp3) is 0.731. The summed E-state index contributed by atoms with van der Waals surface area (Å²) in [5.74, 6) is 1.40. The van der Waals surface area contributed by atoms with Gasteiger partial charge in [0.15, 0.2) is 9.84 Å². The third kappa shape index (κ3) is 6.57. The first-order valence-corrected chi connectivity index (χ1v) is 13.9. The van der Waals surface area contributed by atoms with Crippen molar-refractivity contribution < 1.29 is 17.9 Å². The zero-order chi connectivity index (χ0) is 23.5. The summed E-state index contributed by atoms with van der Waals surface area (Å²) in [6.45, 7) is 10.7. The summed E-state index contributed by atoms with van der Waals surface area (Å²) in [7, 11) is -3.03. The number of carbonyl (C=O) groups excluding carboxylic acids is 1. The number of rotatable bonds is 6. The Morgan fingerprint density at radius 3 is 2.03 bits per heavy atom. The number of hydrogen-bond donors (Lipinski definition) is 0. The third-order valence-corrected chi connectivity index (χ3v) is 9.88. The van der Waals surface area contributed by atoms with Crippen LogP contribution in [-0.4, -0.2) is 55.0 Å². The summed E-state index contributed by atoms with van der Waals surface area (Å²) in [6.07, 6.45) is 6.56. The van der Waals surface area contributed by atoms with Crippen molar-refractivity contribution in [1.29, 1.82) is 0 Å². The molecule has 0 radical (unpaired) electrons. The normalized spacial score (nSPS) is 27.3. The molecule has 32 heavy (non-hydrogen) atoms. The van der Waals surface area contributed by atoms with Crippen LogP contribution >= 0.6 is 0 Å². The van der Waals surface area contributed by atoms with E-state index in [0.29, 0.717) is 30.7 Å². The molecular weight excluding hydrogens is 422 g/mol. The summed E-state index contributed by atoms with van der Waals surface area (Å²) in [5, 5.41) is 0. The highest BCUT2D eigenvalue weighted by Gasteiger charge is 2.33.